The molecule has 0 heterocycles. The van der Waals surface area contributed by atoms with Crippen molar-refractivity contribution in [2.75, 3.05) is 13.7 Å². The van der Waals surface area contributed by atoms with Crippen LogP contribution in [-0.4, -0.2) is 30.8 Å². The maximum Gasteiger partial charge on any atom is 0.230 e. The minimum Gasteiger partial charge on any atom is -0.497 e. The highest BCUT2D eigenvalue weighted by Gasteiger charge is 2.41. The number of hydrogen-bond donors (Lipinski definition) is 2. The molecule has 1 aromatic rings. The third-order valence-corrected chi connectivity index (χ3v) is 5.93. The van der Waals surface area contributed by atoms with Crippen LogP contribution in [0.25, 0.3) is 0 Å². The minimum absolute atomic E-state index is 0.131. The van der Waals surface area contributed by atoms with Gasteiger partial charge in [-0.2, -0.15) is 0 Å². The first-order valence-corrected chi connectivity index (χ1v) is 9.26. The Bertz CT molecular complexity index is 549. The molecule has 2 aliphatic carbocycles. The average molecular weight is 331 g/mol. The molecule has 0 aliphatic heterocycles. The summed E-state index contributed by atoms with van der Waals surface area (Å²) in [4.78, 5) is 13.1. The van der Waals surface area contributed by atoms with E-state index in [4.69, 9.17) is 4.74 Å². The summed E-state index contributed by atoms with van der Waals surface area (Å²) in [5, 5.41) is 13.1. The van der Waals surface area contributed by atoms with Gasteiger partial charge < -0.3 is 15.2 Å². The second-order valence-electron chi connectivity index (χ2n) is 7.34. The number of ether oxygens (including phenoxy) is 1. The summed E-state index contributed by atoms with van der Waals surface area (Å²) in [6.07, 6.45) is 7.86. The number of carbonyl (C=O) groups is 1. The lowest BCUT2D eigenvalue weighted by atomic mass is 9.68. The SMILES string of the molecule is COc1ccc(C2(C(=O)NCC3CCCC3O)CCCCC2)cc1. The van der Waals surface area contributed by atoms with E-state index in [-0.39, 0.29) is 17.9 Å². The summed E-state index contributed by atoms with van der Waals surface area (Å²) in [6.45, 7) is 0.595. The van der Waals surface area contributed by atoms with Crippen molar-refractivity contribution in [1.29, 1.82) is 0 Å². The van der Waals surface area contributed by atoms with Crippen molar-refractivity contribution < 1.29 is 14.6 Å². The first-order chi connectivity index (χ1) is 11.7. The molecule has 0 spiro atoms. The highest BCUT2D eigenvalue weighted by atomic mass is 16.5. The van der Waals surface area contributed by atoms with Gasteiger partial charge in [-0.05, 0) is 43.4 Å². The molecule has 0 radical (unpaired) electrons. The van der Waals surface area contributed by atoms with Crippen LogP contribution >= 0.6 is 0 Å². The van der Waals surface area contributed by atoms with E-state index in [2.05, 4.69) is 5.32 Å². The first-order valence-electron chi connectivity index (χ1n) is 9.26. The van der Waals surface area contributed by atoms with Crippen LogP contribution in [-0.2, 0) is 10.2 Å². The molecule has 0 saturated heterocycles. The number of nitrogens with one attached hydrogen (secondary N) is 1. The fourth-order valence-corrected chi connectivity index (χ4v) is 4.36. The highest BCUT2D eigenvalue weighted by Crippen LogP contribution is 2.40. The molecule has 1 aromatic carbocycles. The van der Waals surface area contributed by atoms with Crippen LogP contribution in [0, 0.1) is 5.92 Å². The summed E-state index contributed by atoms with van der Waals surface area (Å²) < 4.78 is 5.25. The van der Waals surface area contributed by atoms with Crippen molar-refractivity contribution in [3.8, 4) is 5.75 Å². The lowest BCUT2D eigenvalue weighted by Crippen LogP contribution is -2.47. The molecule has 1 amide bonds. The van der Waals surface area contributed by atoms with Crippen LogP contribution < -0.4 is 10.1 Å². The lowest BCUT2D eigenvalue weighted by Gasteiger charge is -2.37. The highest BCUT2D eigenvalue weighted by molar-refractivity contribution is 5.88. The van der Waals surface area contributed by atoms with Gasteiger partial charge in [0.05, 0.1) is 18.6 Å². The molecule has 4 nitrogen and oxygen atoms in total. The summed E-state index contributed by atoms with van der Waals surface area (Å²) in [5.74, 6) is 1.16. The Balaban J connectivity index is 1.75. The zero-order valence-electron chi connectivity index (χ0n) is 14.6. The predicted molar refractivity (Wildman–Crippen MR) is 94.1 cm³/mol. The Labute approximate surface area is 144 Å². The topological polar surface area (TPSA) is 58.6 Å². The van der Waals surface area contributed by atoms with Gasteiger partial charge in [-0.1, -0.05) is 37.8 Å². The van der Waals surface area contributed by atoms with Gasteiger partial charge in [-0.25, -0.2) is 0 Å². The quantitative estimate of drug-likeness (QED) is 0.871. The Morgan fingerprint density at radius 3 is 2.46 bits per heavy atom. The van der Waals surface area contributed by atoms with Crippen LogP contribution in [0.3, 0.4) is 0 Å². The fraction of sp³-hybridized carbons (Fsp3) is 0.650. The van der Waals surface area contributed by atoms with E-state index < -0.39 is 5.41 Å². The van der Waals surface area contributed by atoms with Crippen molar-refractivity contribution in [2.45, 2.75) is 62.9 Å². The average Bonchev–Trinajstić information content (AvgIpc) is 3.05. The van der Waals surface area contributed by atoms with Gasteiger partial charge in [-0.15, -0.1) is 0 Å². The van der Waals surface area contributed by atoms with Crippen molar-refractivity contribution in [3.63, 3.8) is 0 Å². The standard InChI is InChI=1S/C20H29NO3/c1-24-17-10-8-16(9-11-17)20(12-3-2-4-13-20)19(23)21-14-15-6-5-7-18(15)22/h8-11,15,18,22H,2-7,12-14H2,1H3,(H,21,23). The van der Waals surface area contributed by atoms with Gasteiger partial charge in [0.15, 0.2) is 0 Å². The Hall–Kier alpha value is -1.55. The second kappa shape index (κ2) is 7.56. The van der Waals surface area contributed by atoms with Gasteiger partial charge in [-0.3, -0.25) is 4.79 Å². The molecule has 0 bridgehead atoms. The van der Waals surface area contributed by atoms with Crippen molar-refractivity contribution in [2.24, 2.45) is 5.92 Å². The number of aliphatic hydroxyl groups excluding tert-OH is 1. The maximum absolute atomic E-state index is 13.1. The molecule has 2 N–H and O–H groups in total. The Morgan fingerprint density at radius 1 is 1.17 bits per heavy atom. The largest absolute Gasteiger partial charge is 0.497 e. The van der Waals surface area contributed by atoms with Gasteiger partial charge in [0.25, 0.3) is 0 Å². The van der Waals surface area contributed by atoms with Gasteiger partial charge in [0, 0.05) is 12.5 Å². The first kappa shape index (κ1) is 17.3. The maximum atomic E-state index is 13.1. The molecule has 2 fully saturated rings. The minimum atomic E-state index is -0.423. The monoisotopic (exact) mass is 331 g/mol. The van der Waals surface area contributed by atoms with E-state index in [1.807, 2.05) is 24.3 Å². The van der Waals surface area contributed by atoms with E-state index in [0.717, 1.165) is 56.3 Å². The molecule has 2 aliphatic rings. The number of hydrogen-bond acceptors (Lipinski definition) is 3. The summed E-state index contributed by atoms with van der Waals surface area (Å²) in [5.41, 5.74) is 0.668. The Morgan fingerprint density at radius 2 is 1.88 bits per heavy atom. The van der Waals surface area contributed by atoms with E-state index in [0.29, 0.717) is 6.54 Å². The molecular formula is C20H29NO3. The van der Waals surface area contributed by atoms with Gasteiger partial charge in [0.2, 0.25) is 5.91 Å². The van der Waals surface area contributed by atoms with E-state index in [1.165, 1.54) is 6.42 Å². The number of benzene rings is 1. The summed E-state index contributed by atoms with van der Waals surface area (Å²) >= 11 is 0. The normalized spacial score (nSPS) is 26.1. The molecule has 132 valence electrons. The number of methoxy groups -OCH3 is 1. The predicted octanol–water partition coefficient (Wildman–Crippen LogP) is 3.17. The molecular weight excluding hydrogens is 302 g/mol. The molecule has 2 saturated carbocycles. The summed E-state index contributed by atoms with van der Waals surface area (Å²) in [7, 11) is 1.66. The third kappa shape index (κ3) is 3.44. The molecule has 2 atom stereocenters. The second-order valence-corrected chi connectivity index (χ2v) is 7.34. The fourth-order valence-electron chi connectivity index (χ4n) is 4.36. The van der Waals surface area contributed by atoms with E-state index in [9.17, 15) is 9.90 Å². The van der Waals surface area contributed by atoms with Crippen LogP contribution in [0.5, 0.6) is 5.75 Å². The van der Waals surface area contributed by atoms with Crippen LogP contribution in [0.4, 0.5) is 0 Å². The Kier molecular flexibility index (Phi) is 5.44. The van der Waals surface area contributed by atoms with E-state index in [1.54, 1.807) is 7.11 Å². The zero-order chi connectivity index (χ0) is 17.0. The van der Waals surface area contributed by atoms with Crippen LogP contribution in [0.1, 0.15) is 56.9 Å². The van der Waals surface area contributed by atoms with Gasteiger partial charge >= 0.3 is 0 Å². The lowest BCUT2D eigenvalue weighted by molar-refractivity contribution is -0.128. The van der Waals surface area contributed by atoms with Gasteiger partial charge in [0.1, 0.15) is 5.75 Å². The number of amides is 1. The number of carbonyl (C=O) groups excluding carboxylic acids is 1. The molecule has 24 heavy (non-hydrogen) atoms. The van der Waals surface area contributed by atoms with Crippen molar-refractivity contribution in [3.05, 3.63) is 29.8 Å². The zero-order valence-corrected chi connectivity index (χ0v) is 14.6. The van der Waals surface area contributed by atoms with Crippen LogP contribution in [0.2, 0.25) is 0 Å². The molecule has 3 rings (SSSR count). The molecule has 0 aromatic heterocycles. The van der Waals surface area contributed by atoms with E-state index >= 15 is 0 Å². The summed E-state index contributed by atoms with van der Waals surface area (Å²) in [6, 6.07) is 7.96. The van der Waals surface area contributed by atoms with Crippen molar-refractivity contribution in [1.82, 2.24) is 5.32 Å². The van der Waals surface area contributed by atoms with Crippen molar-refractivity contribution >= 4 is 5.91 Å². The third-order valence-electron chi connectivity index (χ3n) is 5.93. The number of rotatable bonds is 5. The molecule has 2 unspecified atom stereocenters. The number of aliphatic hydroxyl groups is 1. The molecule has 4 heteroatoms. The smallest absolute Gasteiger partial charge is 0.230 e. The van der Waals surface area contributed by atoms with Crippen LogP contribution in [0.15, 0.2) is 24.3 Å².